The minimum absolute atomic E-state index is 0.0164. The van der Waals surface area contributed by atoms with E-state index in [2.05, 4.69) is 4.98 Å². The standard InChI is InChI=1S/C15H15ClF3NO4S/c1-2-24-14(21)12-13(10-8-9(16)4-5-11(10)20-12)25(22,23)7-3-6-15(17,18)19/h4-5,8,20H,2-3,6-7H2,1H3. The van der Waals surface area contributed by atoms with Gasteiger partial charge in [-0.15, -0.1) is 0 Å². The Hall–Kier alpha value is -1.74. The van der Waals surface area contributed by atoms with E-state index in [0.29, 0.717) is 5.52 Å². The van der Waals surface area contributed by atoms with Crippen LogP contribution in [-0.2, 0) is 14.6 Å². The maximum Gasteiger partial charge on any atom is 0.389 e. The summed E-state index contributed by atoms with van der Waals surface area (Å²) in [4.78, 5) is 14.3. The van der Waals surface area contributed by atoms with Crippen molar-refractivity contribution in [2.75, 3.05) is 12.4 Å². The molecule has 0 unspecified atom stereocenters. The number of halogens is 4. The van der Waals surface area contributed by atoms with Crippen molar-refractivity contribution in [1.29, 1.82) is 0 Å². The molecule has 0 aliphatic rings. The van der Waals surface area contributed by atoms with E-state index in [-0.39, 0.29) is 27.6 Å². The number of carbonyl (C=O) groups excluding carboxylic acids is 1. The van der Waals surface area contributed by atoms with Crippen molar-refractivity contribution in [2.45, 2.75) is 30.8 Å². The van der Waals surface area contributed by atoms with E-state index in [1.165, 1.54) is 18.2 Å². The first kappa shape index (κ1) is 19.6. The summed E-state index contributed by atoms with van der Waals surface area (Å²) in [6.07, 6.45) is -6.30. The van der Waals surface area contributed by atoms with E-state index < -0.39 is 40.6 Å². The Morgan fingerprint density at radius 2 is 2.00 bits per heavy atom. The number of sulfone groups is 1. The molecular weight excluding hydrogens is 383 g/mol. The van der Waals surface area contributed by atoms with E-state index in [0.717, 1.165) is 0 Å². The number of hydrogen-bond donors (Lipinski definition) is 1. The van der Waals surface area contributed by atoms with E-state index in [1.54, 1.807) is 6.92 Å². The molecule has 0 fully saturated rings. The van der Waals surface area contributed by atoms with Crippen molar-refractivity contribution in [3.8, 4) is 0 Å². The monoisotopic (exact) mass is 397 g/mol. The molecular formula is C15H15ClF3NO4S. The highest BCUT2D eigenvalue weighted by Gasteiger charge is 2.31. The van der Waals surface area contributed by atoms with Gasteiger partial charge in [0.05, 0.1) is 12.4 Å². The van der Waals surface area contributed by atoms with Gasteiger partial charge in [0, 0.05) is 22.3 Å². The number of ether oxygens (including phenoxy) is 1. The second kappa shape index (κ2) is 7.25. The van der Waals surface area contributed by atoms with Gasteiger partial charge in [0.1, 0.15) is 10.6 Å². The minimum Gasteiger partial charge on any atom is -0.461 e. The van der Waals surface area contributed by atoms with Gasteiger partial charge in [0.25, 0.3) is 0 Å². The molecule has 0 atom stereocenters. The molecule has 2 aromatic rings. The van der Waals surface area contributed by atoms with Crippen molar-refractivity contribution in [2.24, 2.45) is 0 Å². The van der Waals surface area contributed by atoms with Gasteiger partial charge < -0.3 is 9.72 Å². The highest BCUT2D eigenvalue weighted by Crippen LogP contribution is 2.32. The second-order valence-electron chi connectivity index (χ2n) is 5.28. The van der Waals surface area contributed by atoms with Crippen LogP contribution in [0.25, 0.3) is 10.9 Å². The zero-order valence-corrected chi connectivity index (χ0v) is 14.7. The zero-order chi connectivity index (χ0) is 18.8. The number of rotatable bonds is 6. The van der Waals surface area contributed by atoms with Crippen LogP contribution in [0.2, 0.25) is 5.02 Å². The molecule has 0 bridgehead atoms. The molecule has 2 rings (SSSR count). The first-order valence-electron chi connectivity index (χ1n) is 7.33. The summed E-state index contributed by atoms with van der Waals surface area (Å²) in [5.74, 6) is -1.65. The Labute approximate surface area is 147 Å². The number of nitrogens with one attached hydrogen (secondary N) is 1. The molecule has 25 heavy (non-hydrogen) atoms. The summed E-state index contributed by atoms with van der Waals surface area (Å²) >= 11 is 5.88. The number of esters is 1. The fourth-order valence-electron chi connectivity index (χ4n) is 2.37. The van der Waals surface area contributed by atoms with Gasteiger partial charge in [0.15, 0.2) is 9.84 Å². The lowest BCUT2D eigenvalue weighted by atomic mass is 10.2. The number of H-pyrrole nitrogens is 1. The molecule has 0 radical (unpaired) electrons. The third-order valence-corrected chi connectivity index (χ3v) is 5.48. The highest BCUT2D eigenvalue weighted by atomic mass is 35.5. The van der Waals surface area contributed by atoms with Crippen LogP contribution in [0.4, 0.5) is 13.2 Å². The van der Waals surface area contributed by atoms with Crippen LogP contribution in [0.3, 0.4) is 0 Å². The van der Waals surface area contributed by atoms with Gasteiger partial charge in [-0.05, 0) is 31.5 Å². The molecule has 1 aromatic heterocycles. The summed E-state index contributed by atoms with van der Waals surface area (Å²) < 4.78 is 66.9. The van der Waals surface area contributed by atoms with Crippen molar-refractivity contribution >= 4 is 38.3 Å². The van der Waals surface area contributed by atoms with Crippen LogP contribution in [0.5, 0.6) is 0 Å². The zero-order valence-electron chi connectivity index (χ0n) is 13.1. The number of aromatic amines is 1. The third kappa shape index (κ3) is 4.66. The third-order valence-electron chi connectivity index (χ3n) is 3.38. The molecule has 1 aromatic carbocycles. The molecule has 1 heterocycles. The van der Waals surface area contributed by atoms with Gasteiger partial charge in [-0.1, -0.05) is 11.6 Å². The molecule has 0 saturated heterocycles. The molecule has 138 valence electrons. The smallest absolute Gasteiger partial charge is 0.389 e. The van der Waals surface area contributed by atoms with Crippen LogP contribution in [-0.4, -0.2) is 37.9 Å². The van der Waals surface area contributed by atoms with Crippen LogP contribution >= 0.6 is 11.6 Å². The Bertz CT molecular complexity index is 890. The number of benzene rings is 1. The van der Waals surface area contributed by atoms with E-state index in [9.17, 15) is 26.4 Å². The first-order chi connectivity index (χ1) is 11.5. The van der Waals surface area contributed by atoms with Gasteiger partial charge >= 0.3 is 12.1 Å². The SMILES string of the molecule is CCOC(=O)c1[nH]c2ccc(Cl)cc2c1S(=O)(=O)CCCC(F)(F)F. The van der Waals surface area contributed by atoms with Crippen LogP contribution < -0.4 is 0 Å². The minimum atomic E-state index is -4.46. The van der Waals surface area contributed by atoms with Crippen LogP contribution in [0, 0.1) is 0 Å². The van der Waals surface area contributed by atoms with Crippen molar-refractivity contribution in [3.05, 3.63) is 28.9 Å². The summed E-state index contributed by atoms with van der Waals surface area (Å²) in [5.41, 5.74) is 0.00738. The quantitative estimate of drug-likeness (QED) is 0.744. The summed E-state index contributed by atoms with van der Waals surface area (Å²) in [6, 6.07) is 4.32. The Kier molecular flexibility index (Phi) is 5.68. The van der Waals surface area contributed by atoms with Crippen LogP contribution in [0.1, 0.15) is 30.3 Å². The topological polar surface area (TPSA) is 76.2 Å². The van der Waals surface area contributed by atoms with Gasteiger partial charge in [-0.25, -0.2) is 13.2 Å². The van der Waals surface area contributed by atoms with Gasteiger partial charge in [-0.2, -0.15) is 13.2 Å². The number of fused-ring (bicyclic) bond motifs is 1. The summed E-state index contributed by atoms with van der Waals surface area (Å²) in [6.45, 7) is 1.57. The number of hydrogen-bond acceptors (Lipinski definition) is 4. The molecule has 1 N–H and O–H groups in total. The van der Waals surface area contributed by atoms with Gasteiger partial charge in [0.2, 0.25) is 0 Å². The van der Waals surface area contributed by atoms with Crippen LogP contribution in [0.15, 0.2) is 23.1 Å². The van der Waals surface area contributed by atoms with E-state index >= 15 is 0 Å². The maximum absolute atomic E-state index is 12.6. The molecule has 0 amide bonds. The second-order valence-corrected chi connectivity index (χ2v) is 7.76. The van der Waals surface area contributed by atoms with E-state index in [1.807, 2.05) is 0 Å². The number of aromatic nitrogens is 1. The average Bonchev–Trinajstić information content (AvgIpc) is 2.85. The molecule has 0 spiro atoms. The average molecular weight is 398 g/mol. The summed E-state index contributed by atoms with van der Waals surface area (Å²) in [5, 5.41) is 0.371. The molecule has 0 aliphatic carbocycles. The maximum atomic E-state index is 12.6. The lowest BCUT2D eigenvalue weighted by molar-refractivity contribution is -0.134. The lowest BCUT2D eigenvalue weighted by Crippen LogP contribution is -2.16. The lowest BCUT2D eigenvalue weighted by Gasteiger charge is -2.08. The first-order valence-corrected chi connectivity index (χ1v) is 9.36. The molecule has 5 nitrogen and oxygen atoms in total. The van der Waals surface area contributed by atoms with Crippen molar-refractivity contribution in [1.82, 2.24) is 4.98 Å². The Balaban J connectivity index is 2.51. The summed E-state index contributed by atoms with van der Waals surface area (Å²) in [7, 11) is -4.17. The predicted molar refractivity (Wildman–Crippen MR) is 86.6 cm³/mol. The van der Waals surface area contributed by atoms with Crippen molar-refractivity contribution < 1.29 is 31.1 Å². The Morgan fingerprint density at radius 1 is 1.32 bits per heavy atom. The van der Waals surface area contributed by atoms with Gasteiger partial charge in [-0.3, -0.25) is 0 Å². The van der Waals surface area contributed by atoms with Crippen molar-refractivity contribution in [3.63, 3.8) is 0 Å². The Morgan fingerprint density at radius 3 is 2.60 bits per heavy atom. The highest BCUT2D eigenvalue weighted by molar-refractivity contribution is 7.91. The fourth-order valence-corrected chi connectivity index (χ4v) is 4.22. The number of carbonyl (C=O) groups is 1. The number of alkyl halides is 3. The predicted octanol–water partition coefficient (Wildman–Crippen LogP) is 4.11. The molecule has 0 aliphatic heterocycles. The fraction of sp³-hybridized carbons (Fsp3) is 0.400. The molecule has 0 saturated carbocycles. The van der Waals surface area contributed by atoms with E-state index in [4.69, 9.17) is 16.3 Å². The largest absolute Gasteiger partial charge is 0.461 e. The normalized spacial score (nSPS) is 12.5. The molecule has 10 heteroatoms.